The third-order valence-electron chi connectivity index (χ3n) is 3.74. The van der Waals surface area contributed by atoms with Crippen LogP contribution in [-0.4, -0.2) is 26.0 Å². The molecule has 0 amide bonds. The number of para-hydroxylation sites is 1. The minimum Gasteiger partial charge on any atom is -0.398 e. The van der Waals surface area contributed by atoms with E-state index in [4.69, 9.17) is 5.73 Å². The predicted molar refractivity (Wildman–Crippen MR) is 80.8 cm³/mol. The molecule has 0 radical (unpaired) electrons. The fourth-order valence-corrected chi connectivity index (χ4v) is 4.76. The van der Waals surface area contributed by atoms with Gasteiger partial charge in [0.15, 0.2) is 0 Å². The molecule has 6 heteroatoms. The lowest BCUT2D eigenvalue weighted by Gasteiger charge is -2.26. The zero-order valence-corrected chi connectivity index (χ0v) is 12.7. The molecule has 1 aromatic rings. The quantitative estimate of drug-likeness (QED) is 0.818. The first-order chi connectivity index (χ1) is 8.99. The van der Waals surface area contributed by atoms with Gasteiger partial charge in [-0.25, -0.2) is 13.1 Å². The fourth-order valence-electron chi connectivity index (χ4n) is 2.50. The average molecular weight is 300 g/mol. The average Bonchev–Trinajstić information content (AvgIpc) is 2.86. The van der Waals surface area contributed by atoms with E-state index >= 15 is 0 Å². The van der Waals surface area contributed by atoms with Gasteiger partial charge in [-0.05, 0) is 31.2 Å². The smallest absolute Gasteiger partial charge is 0.242 e. The lowest BCUT2D eigenvalue weighted by Crippen LogP contribution is -2.38. The molecule has 106 valence electrons. The SMILES string of the molecule is CSC1(CNS(=O)(=O)c2ccccc2N)CCCC1. The Bertz CT molecular complexity index is 537. The van der Waals surface area contributed by atoms with Crippen molar-refractivity contribution in [2.24, 2.45) is 0 Å². The number of sulfonamides is 1. The van der Waals surface area contributed by atoms with Crippen molar-refractivity contribution in [1.82, 2.24) is 4.72 Å². The number of thioether (sulfide) groups is 1. The molecule has 0 atom stereocenters. The minimum absolute atomic E-state index is 0.0522. The van der Waals surface area contributed by atoms with E-state index < -0.39 is 10.0 Å². The van der Waals surface area contributed by atoms with Gasteiger partial charge in [0, 0.05) is 11.3 Å². The number of nitrogens with one attached hydrogen (secondary N) is 1. The van der Waals surface area contributed by atoms with Crippen LogP contribution in [0.2, 0.25) is 0 Å². The Labute approximate surface area is 119 Å². The maximum atomic E-state index is 12.3. The zero-order valence-electron chi connectivity index (χ0n) is 11.1. The second-order valence-electron chi connectivity index (χ2n) is 4.96. The molecule has 0 aromatic heterocycles. The number of rotatable bonds is 5. The van der Waals surface area contributed by atoms with Gasteiger partial charge >= 0.3 is 0 Å². The van der Waals surface area contributed by atoms with Gasteiger partial charge in [0.2, 0.25) is 10.0 Å². The van der Waals surface area contributed by atoms with Gasteiger partial charge in [-0.1, -0.05) is 25.0 Å². The minimum atomic E-state index is -3.51. The summed E-state index contributed by atoms with van der Waals surface area (Å²) in [6.45, 7) is 0.477. The molecular weight excluding hydrogens is 280 g/mol. The van der Waals surface area contributed by atoms with Crippen molar-refractivity contribution in [2.45, 2.75) is 35.3 Å². The summed E-state index contributed by atoms with van der Waals surface area (Å²) in [5.41, 5.74) is 6.02. The van der Waals surface area contributed by atoms with Crippen LogP contribution in [-0.2, 0) is 10.0 Å². The van der Waals surface area contributed by atoms with Crippen LogP contribution in [0.15, 0.2) is 29.2 Å². The molecule has 0 spiro atoms. The summed E-state index contributed by atoms with van der Waals surface area (Å²) >= 11 is 1.76. The predicted octanol–water partition coefficient (Wildman–Crippen LogP) is 2.22. The van der Waals surface area contributed by atoms with E-state index in [-0.39, 0.29) is 9.64 Å². The van der Waals surface area contributed by atoms with E-state index in [2.05, 4.69) is 11.0 Å². The molecule has 0 saturated heterocycles. The summed E-state index contributed by atoms with van der Waals surface area (Å²) in [6, 6.07) is 6.56. The van der Waals surface area contributed by atoms with Crippen LogP contribution in [0.1, 0.15) is 25.7 Å². The van der Waals surface area contributed by atoms with E-state index in [0.717, 1.165) is 12.8 Å². The first kappa shape index (κ1) is 14.7. The van der Waals surface area contributed by atoms with Crippen LogP contribution in [0.25, 0.3) is 0 Å². The van der Waals surface area contributed by atoms with Crippen molar-refractivity contribution < 1.29 is 8.42 Å². The van der Waals surface area contributed by atoms with Crippen molar-refractivity contribution in [1.29, 1.82) is 0 Å². The summed E-state index contributed by atoms with van der Waals surface area (Å²) in [4.78, 5) is 0.171. The van der Waals surface area contributed by atoms with E-state index in [0.29, 0.717) is 12.2 Å². The van der Waals surface area contributed by atoms with E-state index in [1.807, 2.05) is 0 Å². The summed E-state index contributed by atoms with van der Waals surface area (Å²) in [5.74, 6) is 0. The Balaban J connectivity index is 2.12. The van der Waals surface area contributed by atoms with Gasteiger partial charge in [0.25, 0.3) is 0 Å². The highest BCUT2D eigenvalue weighted by Gasteiger charge is 2.34. The monoisotopic (exact) mass is 300 g/mol. The molecule has 1 aliphatic rings. The van der Waals surface area contributed by atoms with Gasteiger partial charge in [0.1, 0.15) is 4.90 Å². The third kappa shape index (κ3) is 3.24. The van der Waals surface area contributed by atoms with Crippen LogP contribution < -0.4 is 10.5 Å². The van der Waals surface area contributed by atoms with Gasteiger partial charge in [-0.15, -0.1) is 0 Å². The van der Waals surface area contributed by atoms with E-state index in [1.165, 1.54) is 18.9 Å². The lowest BCUT2D eigenvalue weighted by atomic mass is 10.1. The standard InChI is InChI=1S/C13H20N2O2S2/c1-18-13(8-4-5-9-13)10-15-19(16,17)12-7-3-2-6-11(12)14/h2-3,6-7,15H,4-5,8-10,14H2,1H3. The van der Waals surface area contributed by atoms with Crippen LogP contribution in [0.3, 0.4) is 0 Å². The van der Waals surface area contributed by atoms with Crippen LogP contribution in [0, 0.1) is 0 Å². The van der Waals surface area contributed by atoms with Crippen molar-refractivity contribution in [3.05, 3.63) is 24.3 Å². The van der Waals surface area contributed by atoms with Crippen molar-refractivity contribution >= 4 is 27.5 Å². The molecular formula is C13H20N2O2S2. The maximum Gasteiger partial charge on any atom is 0.242 e. The summed E-state index contributed by atoms with van der Waals surface area (Å²) < 4.78 is 27.3. The molecule has 1 aromatic carbocycles. The van der Waals surface area contributed by atoms with E-state index in [1.54, 1.807) is 30.0 Å². The lowest BCUT2D eigenvalue weighted by molar-refractivity contribution is 0.551. The highest BCUT2D eigenvalue weighted by molar-refractivity contribution is 8.00. The Morgan fingerprint density at radius 2 is 1.95 bits per heavy atom. The normalized spacial score (nSPS) is 18.6. The molecule has 4 nitrogen and oxygen atoms in total. The van der Waals surface area contributed by atoms with Crippen LogP contribution in [0.5, 0.6) is 0 Å². The molecule has 0 unspecified atom stereocenters. The molecule has 1 aliphatic carbocycles. The van der Waals surface area contributed by atoms with Gasteiger partial charge in [-0.3, -0.25) is 0 Å². The fraction of sp³-hybridized carbons (Fsp3) is 0.538. The van der Waals surface area contributed by atoms with Crippen molar-refractivity contribution in [2.75, 3.05) is 18.5 Å². The highest BCUT2D eigenvalue weighted by Crippen LogP contribution is 2.39. The highest BCUT2D eigenvalue weighted by atomic mass is 32.2. The molecule has 0 bridgehead atoms. The Kier molecular flexibility index (Phi) is 4.43. The number of hydrogen-bond acceptors (Lipinski definition) is 4. The van der Waals surface area contributed by atoms with Gasteiger partial charge in [0.05, 0.1) is 5.69 Å². The van der Waals surface area contributed by atoms with Gasteiger partial charge < -0.3 is 5.73 Å². The molecule has 1 fully saturated rings. The Morgan fingerprint density at radius 1 is 1.32 bits per heavy atom. The largest absolute Gasteiger partial charge is 0.398 e. The van der Waals surface area contributed by atoms with Crippen LogP contribution >= 0.6 is 11.8 Å². The molecule has 19 heavy (non-hydrogen) atoms. The maximum absolute atomic E-state index is 12.3. The molecule has 0 aliphatic heterocycles. The number of nitrogens with two attached hydrogens (primary N) is 1. The summed E-state index contributed by atoms with van der Waals surface area (Å²) in [5, 5.41) is 0. The Hall–Kier alpha value is -0.720. The van der Waals surface area contributed by atoms with Crippen LogP contribution in [0.4, 0.5) is 5.69 Å². The van der Waals surface area contributed by atoms with Crippen molar-refractivity contribution in [3.63, 3.8) is 0 Å². The van der Waals surface area contributed by atoms with Gasteiger partial charge in [-0.2, -0.15) is 11.8 Å². The number of nitrogen functional groups attached to an aromatic ring is 1. The summed E-state index contributed by atoms with van der Waals surface area (Å²) in [6.07, 6.45) is 6.55. The van der Waals surface area contributed by atoms with Crippen molar-refractivity contribution in [3.8, 4) is 0 Å². The second-order valence-corrected chi connectivity index (χ2v) is 7.97. The zero-order chi connectivity index (χ0) is 13.9. The molecule has 2 rings (SSSR count). The Morgan fingerprint density at radius 3 is 2.53 bits per heavy atom. The first-order valence-electron chi connectivity index (χ1n) is 6.38. The molecule has 3 N–H and O–H groups in total. The second kappa shape index (κ2) is 5.73. The third-order valence-corrected chi connectivity index (χ3v) is 6.63. The topological polar surface area (TPSA) is 72.2 Å². The number of anilines is 1. The summed E-state index contributed by atoms with van der Waals surface area (Å²) in [7, 11) is -3.51. The first-order valence-corrected chi connectivity index (χ1v) is 9.09. The molecule has 1 saturated carbocycles. The van der Waals surface area contributed by atoms with E-state index in [9.17, 15) is 8.42 Å². The number of benzene rings is 1. The molecule has 0 heterocycles. The number of hydrogen-bond donors (Lipinski definition) is 2.